The van der Waals surface area contributed by atoms with E-state index in [1.54, 1.807) is 12.3 Å². The molecule has 0 unspecified atom stereocenters. The molecule has 0 spiro atoms. The van der Waals surface area contributed by atoms with E-state index in [4.69, 9.17) is 16.3 Å². The quantitative estimate of drug-likeness (QED) is 0.757. The number of hydrogen-bond acceptors (Lipinski definition) is 3. The molecule has 0 atom stereocenters. The van der Waals surface area contributed by atoms with Gasteiger partial charge in [0.25, 0.3) is 0 Å². The largest absolute Gasteiger partial charge is 0.458 e. The lowest BCUT2D eigenvalue weighted by atomic mass is 9.98. The van der Waals surface area contributed by atoms with Gasteiger partial charge in [-0.1, -0.05) is 36.2 Å². The Hall–Kier alpha value is -1.87. The Labute approximate surface area is 135 Å². The minimum absolute atomic E-state index is 0.0546. The molecule has 1 aliphatic rings. The number of nitrogens with zero attached hydrogens (tertiary/aromatic N) is 1. The fourth-order valence-electron chi connectivity index (χ4n) is 2.72. The summed E-state index contributed by atoms with van der Waals surface area (Å²) in [6, 6.07) is 11.1. The van der Waals surface area contributed by atoms with Crippen LogP contribution in [0.5, 0.6) is 0 Å². The lowest BCUT2D eigenvalue weighted by molar-refractivity contribution is 0.0204. The third-order valence-electron chi connectivity index (χ3n) is 3.98. The highest BCUT2D eigenvalue weighted by molar-refractivity contribution is 6.30. The van der Waals surface area contributed by atoms with Crippen molar-refractivity contribution in [3.05, 3.63) is 53.3 Å². The van der Waals surface area contributed by atoms with Crippen molar-refractivity contribution in [2.24, 2.45) is 0 Å². The van der Waals surface area contributed by atoms with Gasteiger partial charge in [0.15, 0.2) is 0 Å². The van der Waals surface area contributed by atoms with Crippen LogP contribution in [0.4, 0.5) is 0 Å². The number of esters is 1. The number of hydrogen-bond donors (Lipinski definition) is 0. The van der Waals surface area contributed by atoms with E-state index in [2.05, 4.69) is 4.98 Å². The minimum atomic E-state index is -0.324. The molecule has 1 heterocycles. The van der Waals surface area contributed by atoms with Crippen molar-refractivity contribution in [1.82, 2.24) is 4.98 Å². The maximum atomic E-state index is 12.1. The van der Waals surface area contributed by atoms with Crippen molar-refractivity contribution in [3.8, 4) is 11.1 Å². The van der Waals surface area contributed by atoms with Crippen LogP contribution in [0, 0.1) is 0 Å². The van der Waals surface area contributed by atoms with Crippen LogP contribution in [0.15, 0.2) is 42.6 Å². The first-order valence-electron chi connectivity index (χ1n) is 7.65. The Kier molecular flexibility index (Phi) is 4.74. The SMILES string of the molecule is O=C(OC1CCCCC1)c1ccc(-c2ccc(Cl)cc2)cn1. The van der Waals surface area contributed by atoms with Gasteiger partial charge in [-0.25, -0.2) is 9.78 Å². The molecule has 3 rings (SSSR count). The molecule has 0 radical (unpaired) electrons. The van der Waals surface area contributed by atoms with Crippen LogP contribution in [-0.4, -0.2) is 17.1 Å². The molecule has 1 aromatic heterocycles. The molecule has 2 aromatic rings. The molecule has 1 saturated carbocycles. The average molecular weight is 316 g/mol. The summed E-state index contributed by atoms with van der Waals surface area (Å²) in [4.78, 5) is 16.3. The van der Waals surface area contributed by atoms with Gasteiger partial charge in [0.05, 0.1) is 0 Å². The first-order chi connectivity index (χ1) is 10.7. The van der Waals surface area contributed by atoms with Gasteiger partial charge < -0.3 is 4.74 Å². The molecule has 3 nitrogen and oxygen atoms in total. The minimum Gasteiger partial charge on any atom is -0.458 e. The van der Waals surface area contributed by atoms with E-state index >= 15 is 0 Å². The fraction of sp³-hybridized carbons (Fsp3) is 0.333. The second-order valence-corrected chi connectivity index (χ2v) is 6.04. The van der Waals surface area contributed by atoms with E-state index in [-0.39, 0.29) is 12.1 Å². The summed E-state index contributed by atoms with van der Waals surface area (Å²) in [6.45, 7) is 0. The summed E-state index contributed by atoms with van der Waals surface area (Å²) < 4.78 is 5.52. The first-order valence-corrected chi connectivity index (χ1v) is 8.03. The third-order valence-corrected chi connectivity index (χ3v) is 4.23. The van der Waals surface area contributed by atoms with Crippen molar-refractivity contribution in [3.63, 3.8) is 0 Å². The molecule has 22 heavy (non-hydrogen) atoms. The number of aromatic nitrogens is 1. The second kappa shape index (κ2) is 6.93. The zero-order valence-electron chi connectivity index (χ0n) is 12.3. The molecule has 1 aliphatic carbocycles. The molecule has 0 aliphatic heterocycles. The number of pyridine rings is 1. The molecule has 0 N–H and O–H groups in total. The molecule has 0 bridgehead atoms. The lowest BCUT2D eigenvalue weighted by Gasteiger charge is -2.21. The second-order valence-electron chi connectivity index (χ2n) is 5.60. The van der Waals surface area contributed by atoms with E-state index in [0.29, 0.717) is 10.7 Å². The highest BCUT2D eigenvalue weighted by Crippen LogP contribution is 2.23. The van der Waals surface area contributed by atoms with Crippen molar-refractivity contribution in [2.45, 2.75) is 38.2 Å². The van der Waals surface area contributed by atoms with Crippen molar-refractivity contribution in [2.75, 3.05) is 0 Å². The van der Waals surface area contributed by atoms with E-state index < -0.39 is 0 Å². The van der Waals surface area contributed by atoms with Crippen LogP contribution < -0.4 is 0 Å². The van der Waals surface area contributed by atoms with Gasteiger partial charge in [0.2, 0.25) is 0 Å². The molecular weight excluding hydrogens is 298 g/mol. The first kappa shape index (κ1) is 15.0. The van der Waals surface area contributed by atoms with Crippen molar-refractivity contribution < 1.29 is 9.53 Å². The zero-order valence-corrected chi connectivity index (χ0v) is 13.1. The Bertz CT molecular complexity index is 631. The smallest absolute Gasteiger partial charge is 0.357 e. The molecular formula is C18H18ClNO2. The van der Waals surface area contributed by atoms with Crippen LogP contribution in [0.25, 0.3) is 11.1 Å². The number of ether oxygens (including phenoxy) is 1. The average Bonchev–Trinajstić information content (AvgIpc) is 2.57. The van der Waals surface area contributed by atoms with Gasteiger partial charge in [0, 0.05) is 16.8 Å². The van der Waals surface area contributed by atoms with Gasteiger partial charge in [-0.2, -0.15) is 0 Å². The summed E-state index contributed by atoms with van der Waals surface area (Å²) in [7, 11) is 0. The zero-order chi connectivity index (χ0) is 15.4. The van der Waals surface area contributed by atoms with Crippen LogP contribution in [0.2, 0.25) is 5.02 Å². The highest BCUT2D eigenvalue weighted by atomic mass is 35.5. The summed E-state index contributed by atoms with van der Waals surface area (Å²) >= 11 is 5.88. The summed E-state index contributed by atoms with van der Waals surface area (Å²) in [6.07, 6.45) is 7.20. The Morgan fingerprint density at radius 1 is 1.00 bits per heavy atom. The van der Waals surface area contributed by atoms with Crippen molar-refractivity contribution >= 4 is 17.6 Å². The molecule has 0 saturated heterocycles. The molecule has 1 aromatic carbocycles. The van der Waals surface area contributed by atoms with Gasteiger partial charge >= 0.3 is 5.97 Å². The van der Waals surface area contributed by atoms with Crippen LogP contribution in [0.1, 0.15) is 42.6 Å². The number of halogens is 1. The highest BCUT2D eigenvalue weighted by Gasteiger charge is 2.19. The lowest BCUT2D eigenvalue weighted by Crippen LogP contribution is -2.21. The van der Waals surface area contributed by atoms with Gasteiger partial charge in [-0.15, -0.1) is 0 Å². The van der Waals surface area contributed by atoms with E-state index in [9.17, 15) is 4.79 Å². The monoisotopic (exact) mass is 315 g/mol. The molecule has 1 fully saturated rings. The number of carbonyl (C=O) groups excluding carboxylic acids is 1. The van der Waals surface area contributed by atoms with E-state index in [0.717, 1.165) is 36.8 Å². The topological polar surface area (TPSA) is 39.2 Å². The van der Waals surface area contributed by atoms with Gasteiger partial charge in [-0.05, 0) is 49.4 Å². The maximum Gasteiger partial charge on any atom is 0.357 e. The predicted octanol–water partition coefficient (Wildman–Crippen LogP) is 4.89. The summed E-state index contributed by atoms with van der Waals surface area (Å²) in [5.74, 6) is -0.324. The normalized spacial score (nSPS) is 15.5. The van der Waals surface area contributed by atoms with Crippen LogP contribution >= 0.6 is 11.6 Å². The van der Waals surface area contributed by atoms with Crippen LogP contribution in [-0.2, 0) is 4.74 Å². The molecule has 0 amide bonds. The third kappa shape index (κ3) is 3.66. The van der Waals surface area contributed by atoms with Gasteiger partial charge in [0.1, 0.15) is 11.8 Å². The predicted molar refractivity (Wildman–Crippen MR) is 87.0 cm³/mol. The van der Waals surface area contributed by atoms with E-state index in [1.165, 1.54) is 6.42 Å². The maximum absolute atomic E-state index is 12.1. The Morgan fingerprint density at radius 3 is 2.32 bits per heavy atom. The summed E-state index contributed by atoms with van der Waals surface area (Å²) in [5.41, 5.74) is 2.33. The number of carbonyl (C=O) groups is 1. The van der Waals surface area contributed by atoms with Crippen molar-refractivity contribution in [1.29, 1.82) is 0 Å². The fourth-order valence-corrected chi connectivity index (χ4v) is 2.85. The Morgan fingerprint density at radius 2 is 1.68 bits per heavy atom. The standard InChI is InChI=1S/C18H18ClNO2/c19-15-9-6-13(7-10-15)14-8-11-17(20-12-14)18(21)22-16-4-2-1-3-5-16/h6-12,16H,1-5H2. The molecule has 4 heteroatoms. The number of benzene rings is 1. The molecule has 114 valence electrons. The Balaban J connectivity index is 1.68. The van der Waals surface area contributed by atoms with Gasteiger partial charge in [-0.3, -0.25) is 0 Å². The van der Waals surface area contributed by atoms with E-state index in [1.807, 2.05) is 30.3 Å². The van der Waals surface area contributed by atoms with Crippen LogP contribution in [0.3, 0.4) is 0 Å². The summed E-state index contributed by atoms with van der Waals surface area (Å²) in [5, 5.41) is 0.699. The number of rotatable bonds is 3.